The molecule has 1 unspecified atom stereocenters. The highest BCUT2D eigenvalue weighted by Crippen LogP contribution is 2.12. The summed E-state index contributed by atoms with van der Waals surface area (Å²) in [7, 11) is 1.71. The monoisotopic (exact) mass is 281 g/mol. The maximum atomic E-state index is 11.8. The quantitative estimate of drug-likeness (QED) is 0.833. The van der Waals surface area contributed by atoms with Crippen LogP contribution in [0.15, 0.2) is 6.20 Å². The summed E-state index contributed by atoms with van der Waals surface area (Å²) in [6.07, 6.45) is 4.80. The normalized spacial score (nSPS) is 18.5. The van der Waals surface area contributed by atoms with Gasteiger partial charge in [0.25, 0.3) is 5.91 Å². The van der Waals surface area contributed by atoms with Gasteiger partial charge in [0.15, 0.2) is 5.69 Å². The van der Waals surface area contributed by atoms with E-state index in [2.05, 4.69) is 22.3 Å². The van der Waals surface area contributed by atoms with Gasteiger partial charge in [-0.2, -0.15) is 5.10 Å². The zero-order valence-corrected chi connectivity index (χ0v) is 11.5. The predicted molar refractivity (Wildman–Crippen MR) is 71.9 cm³/mol. The predicted octanol–water partition coefficient (Wildman–Crippen LogP) is 1.38. The maximum absolute atomic E-state index is 11.8. The molecular weight excluding hydrogens is 266 g/mol. The Morgan fingerprint density at radius 2 is 2.53 bits per heavy atom. The Labute approximate surface area is 117 Å². The van der Waals surface area contributed by atoms with Gasteiger partial charge in [-0.05, 0) is 19.3 Å². The summed E-state index contributed by atoms with van der Waals surface area (Å²) >= 11 is 5.87. The number of carbonyl (C=O) groups excluding carboxylic acids is 1. The highest BCUT2D eigenvalue weighted by molar-refractivity contribution is 6.33. The van der Waals surface area contributed by atoms with Gasteiger partial charge in [-0.25, -0.2) is 0 Å². The molecule has 5 nitrogen and oxygen atoms in total. The number of nitrogens with one attached hydrogen (secondary N) is 1. The molecule has 102 valence electrons. The molecular formula is C13H16ClN3O2. The van der Waals surface area contributed by atoms with Crippen LogP contribution in [0.5, 0.6) is 0 Å². The molecule has 0 saturated carbocycles. The number of carbonyl (C=O) groups is 1. The minimum Gasteiger partial charge on any atom is -0.366 e. The van der Waals surface area contributed by atoms with Gasteiger partial charge in [0.05, 0.1) is 11.6 Å². The third kappa shape index (κ3) is 3.98. The smallest absolute Gasteiger partial charge is 0.274 e. The number of aryl methyl sites for hydroxylation is 1. The van der Waals surface area contributed by atoms with Crippen molar-refractivity contribution in [3.63, 3.8) is 0 Å². The number of hydrogen-bond donors (Lipinski definition) is 1. The van der Waals surface area contributed by atoms with Crippen LogP contribution in [0.3, 0.4) is 0 Å². The van der Waals surface area contributed by atoms with E-state index in [9.17, 15) is 4.79 Å². The largest absolute Gasteiger partial charge is 0.366 e. The second-order valence-electron chi connectivity index (χ2n) is 4.36. The highest BCUT2D eigenvalue weighted by Gasteiger charge is 2.13. The molecule has 0 aliphatic carbocycles. The van der Waals surface area contributed by atoms with Crippen molar-refractivity contribution in [3.8, 4) is 11.8 Å². The third-order valence-electron chi connectivity index (χ3n) is 2.78. The van der Waals surface area contributed by atoms with E-state index in [4.69, 9.17) is 16.3 Å². The number of halogens is 1. The molecule has 1 aromatic heterocycles. The topological polar surface area (TPSA) is 56.2 Å². The Balaban J connectivity index is 1.81. The molecule has 1 fully saturated rings. The second-order valence-corrected chi connectivity index (χ2v) is 4.77. The molecule has 2 heterocycles. The summed E-state index contributed by atoms with van der Waals surface area (Å²) < 4.78 is 6.97. The molecule has 19 heavy (non-hydrogen) atoms. The molecule has 0 radical (unpaired) electrons. The molecule has 2 rings (SSSR count). The summed E-state index contributed by atoms with van der Waals surface area (Å²) in [5.41, 5.74) is 0.222. The third-order valence-corrected chi connectivity index (χ3v) is 3.06. The number of hydrogen-bond acceptors (Lipinski definition) is 3. The highest BCUT2D eigenvalue weighted by atomic mass is 35.5. The summed E-state index contributed by atoms with van der Waals surface area (Å²) in [6, 6.07) is 0. The molecule has 1 N–H and O–H groups in total. The Bertz CT molecular complexity index is 510. The standard InChI is InChI=1S/C13H16ClN3O2/c1-17-9-11(14)12(16-17)13(18)15-7-4-6-10-5-2-3-8-19-10/h9-10H,2-3,5,7-8H2,1H3,(H,15,18). The van der Waals surface area contributed by atoms with E-state index in [0.717, 1.165) is 25.9 Å². The van der Waals surface area contributed by atoms with Crippen molar-refractivity contribution >= 4 is 17.5 Å². The van der Waals surface area contributed by atoms with E-state index in [1.54, 1.807) is 13.2 Å². The van der Waals surface area contributed by atoms with Crippen LogP contribution in [0.4, 0.5) is 0 Å². The van der Waals surface area contributed by atoms with Crippen LogP contribution in [0.1, 0.15) is 29.8 Å². The molecule has 1 aliphatic rings. The lowest BCUT2D eigenvalue weighted by molar-refractivity contribution is 0.0525. The van der Waals surface area contributed by atoms with Gasteiger partial charge in [0.2, 0.25) is 0 Å². The van der Waals surface area contributed by atoms with Crippen LogP contribution >= 0.6 is 11.6 Å². The zero-order chi connectivity index (χ0) is 13.7. The van der Waals surface area contributed by atoms with E-state index in [0.29, 0.717) is 5.02 Å². The molecule has 1 aliphatic heterocycles. The lowest BCUT2D eigenvalue weighted by Gasteiger charge is -2.17. The average molecular weight is 282 g/mol. The number of nitrogens with zero attached hydrogens (tertiary/aromatic N) is 2. The van der Waals surface area contributed by atoms with Crippen LogP contribution in [0.2, 0.25) is 5.02 Å². The number of amides is 1. The Kier molecular flexibility index (Phi) is 4.83. The second kappa shape index (κ2) is 6.60. The average Bonchev–Trinajstić information content (AvgIpc) is 2.75. The van der Waals surface area contributed by atoms with Crippen molar-refractivity contribution in [3.05, 3.63) is 16.9 Å². The van der Waals surface area contributed by atoms with Crippen LogP contribution in [-0.2, 0) is 11.8 Å². The fourth-order valence-corrected chi connectivity index (χ4v) is 2.11. The lowest BCUT2D eigenvalue weighted by Crippen LogP contribution is -2.25. The summed E-state index contributed by atoms with van der Waals surface area (Å²) in [5, 5.41) is 6.98. The Morgan fingerprint density at radius 1 is 1.68 bits per heavy atom. The van der Waals surface area contributed by atoms with Crippen LogP contribution in [-0.4, -0.2) is 34.9 Å². The van der Waals surface area contributed by atoms with E-state index in [1.807, 2.05) is 0 Å². The molecule has 0 spiro atoms. The van der Waals surface area contributed by atoms with Crippen molar-refractivity contribution in [2.75, 3.05) is 13.2 Å². The van der Waals surface area contributed by atoms with Crippen LogP contribution in [0.25, 0.3) is 0 Å². The van der Waals surface area contributed by atoms with E-state index in [-0.39, 0.29) is 24.2 Å². The van der Waals surface area contributed by atoms with Crippen LogP contribution in [0, 0.1) is 11.8 Å². The molecule has 1 amide bonds. The van der Waals surface area contributed by atoms with Gasteiger partial charge in [0.1, 0.15) is 6.10 Å². The molecule has 1 atom stereocenters. The first-order valence-electron chi connectivity index (χ1n) is 6.24. The summed E-state index contributed by atoms with van der Waals surface area (Å²) in [6.45, 7) is 1.04. The van der Waals surface area contributed by atoms with E-state index >= 15 is 0 Å². The van der Waals surface area contributed by atoms with Crippen molar-refractivity contribution in [1.82, 2.24) is 15.1 Å². The van der Waals surface area contributed by atoms with Gasteiger partial charge < -0.3 is 10.1 Å². The fraction of sp³-hybridized carbons (Fsp3) is 0.538. The van der Waals surface area contributed by atoms with Gasteiger partial charge in [-0.1, -0.05) is 23.4 Å². The first-order chi connectivity index (χ1) is 9.16. The maximum Gasteiger partial charge on any atom is 0.274 e. The first kappa shape index (κ1) is 13.9. The number of aromatic nitrogens is 2. The summed E-state index contributed by atoms with van der Waals surface area (Å²) in [4.78, 5) is 11.8. The molecule has 1 saturated heterocycles. The van der Waals surface area contributed by atoms with Gasteiger partial charge in [-0.15, -0.1) is 0 Å². The van der Waals surface area contributed by atoms with Gasteiger partial charge in [-0.3, -0.25) is 9.48 Å². The minimum absolute atomic E-state index is 0.00379. The van der Waals surface area contributed by atoms with E-state index in [1.165, 1.54) is 4.68 Å². The first-order valence-corrected chi connectivity index (χ1v) is 6.62. The molecule has 1 aromatic rings. The molecule has 0 bridgehead atoms. The Hall–Kier alpha value is -1.51. The van der Waals surface area contributed by atoms with Crippen molar-refractivity contribution in [2.24, 2.45) is 7.05 Å². The molecule has 0 aromatic carbocycles. The fourth-order valence-electron chi connectivity index (χ4n) is 1.84. The van der Waals surface area contributed by atoms with E-state index < -0.39 is 0 Å². The summed E-state index contributed by atoms with van der Waals surface area (Å²) in [5.74, 6) is 5.58. The lowest BCUT2D eigenvalue weighted by atomic mass is 10.1. The SMILES string of the molecule is Cn1cc(Cl)c(C(=O)NCC#CC2CCCCO2)n1. The van der Waals surface area contributed by atoms with Crippen molar-refractivity contribution in [2.45, 2.75) is 25.4 Å². The van der Waals surface area contributed by atoms with Crippen molar-refractivity contribution in [1.29, 1.82) is 0 Å². The van der Waals surface area contributed by atoms with Crippen molar-refractivity contribution < 1.29 is 9.53 Å². The zero-order valence-electron chi connectivity index (χ0n) is 10.8. The number of rotatable bonds is 2. The Morgan fingerprint density at radius 3 is 3.16 bits per heavy atom. The minimum atomic E-state index is -0.315. The van der Waals surface area contributed by atoms with Gasteiger partial charge >= 0.3 is 0 Å². The van der Waals surface area contributed by atoms with Crippen LogP contribution < -0.4 is 5.32 Å². The molecule has 6 heteroatoms. The van der Waals surface area contributed by atoms with Gasteiger partial charge in [0, 0.05) is 19.9 Å². The number of ether oxygens (including phenoxy) is 1.